The van der Waals surface area contributed by atoms with E-state index < -0.39 is 23.3 Å². The number of carbonyl (C=O) groups excluding carboxylic acids is 2. The Morgan fingerprint density at radius 1 is 0.933 bits per heavy atom. The van der Waals surface area contributed by atoms with Gasteiger partial charge in [0.25, 0.3) is 11.3 Å². The molecule has 8 nitrogen and oxygen atoms in total. The summed E-state index contributed by atoms with van der Waals surface area (Å²) in [7, 11) is 0. The topological polar surface area (TPSA) is 98.1 Å². The van der Waals surface area contributed by atoms with Crippen LogP contribution in [0.4, 0.5) is 4.79 Å². The second-order valence-electron chi connectivity index (χ2n) is 5.96. The molecule has 156 valence electrons. The van der Waals surface area contributed by atoms with Gasteiger partial charge in [-0.05, 0) is 33.1 Å². The van der Waals surface area contributed by atoms with E-state index in [1.807, 2.05) is 12.1 Å². The van der Waals surface area contributed by atoms with Crippen LogP contribution in [0.5, 0.6) is 0 Å². The molecule has 1 atom stereocenters. The summed E-state index contributed by atoms with van der Waals surface area (Å²) in [5.74, 6) is -0.790. The van der Waals surface area contributed by atoms with Gasteiger partial charge in [-0.15, -0.1) is 4.41 Å². The Morgan fingerprint density at radius 3 is 2.00 bits per heavy atom. The molecule has 3 rings (SSSR count). The van der Waals surface area contributed by atoms with E-state index in [1.54, 1.807) is 48.5 Å². The van der Waals surface area contributed by atoms with Crippen molar-refractivity contribution in [1.29, 1.82) is 0 Å². The fourth-order valence-electron chi connectivity index (χ4n) is 2.53. The number of nitrogens with zero attached hydrogens (tertiary/aromatic N) is 2. The lowest BCUT2D eigenvalue weighted by atomic mass is 10.2. The lowest BCUT2D eigenvalue weighted by molar-refractivity contribution is 0.0459. The summed E-state index contributed by atoms with van der Waals surface area (Å²) < 4.78 is 33.5. The number of hydrogen-bond donors (Lipinski definition) is 1. The van der Waals surface area contributed by atoms with Crippen LogP contribution in [-0.2, 0) is 34.0 Å². The summed E-state index contributed by atoms with van der Waals surface area (Å²) >= 11 is 0.403. The van der Waals surface area contributed by atoms with Crippen LogP contribution in [0.25, 0.3) is 0 Å². The molecule has 0 aliphatic rings. The standard InChI is InChI=1S/C20H17BrN2O6S/c21-17-11-12-22(18(17)19(24)28-13-15-7-3-1-4-8-15)23(30(26)27)20(25)29-14-16-9-5-2-6-10-16/h1-12H,13-14H2,(H,26,27). The van der Waals surface area contributed by atoms with Crippen molar-refractivity contribution in [2.75, 3.05) is 4.41 Å². The number of aromatic nitrogens is 1. The van der Waals surface area contributed by atoms with Gasteiger partial charge in [-0.25, -0.2) is 18.5 Å². The van der Waals surface area contributed by atoms with E-state index >= 15 is 0 Å². The van der Waals surface area contributed by atoms with Gasteiger partial charge in [-0.1, -0.05) is 60.7 Å². The first-order chi connectivity index (χ1) is 14.5. The average Bonchev–Trinajstić information content (AvgIpc) is 3.12. The molecule has 30 heavy (non-hydrogen) atoms. The fourth-order valence-corrected chi connectivity index (χ4v) is 3.46. The zero-order valence-corrected chi connectivity index (χ0v) is 17.9. The highest BCUT2D eigenvalue weighted by molar-refractivity contribution is 9.10. The van der Waals surface area contributed by atoms with Crippen molar-refractivity contribution in [3.63, 3.8) is 0 Å². The van der Waals surface area contributed by atoms with Crippen LogP contribution in [0.2, 0.25) is 0 Å². The van der Waals surface area contributed by atoms with E-state index in [-0.39, 0.29) is 23.4 Å². The minimum Gasteiger partial charge on any atom is -0.456 e. The van der Waals surface area contributed by atoms with E-state index in [0.29, 0.717) is 9.98 Å². The molecular weight excluding hydrogens is 476 g/mol. The number of benzene rings is 2. The number of carbonyl (C=O) groups is 2. The Bertz CT molecular complexity index is 1040. The van der Waals surface area contributed by atoms with Crippen LogP contribution >= 0.6 is 15.9 Å². The highest BCUT2D eigenvalue weighted by Crippen LogP contribution is 2.21. The first-order valence-corrected chi connectivity index (χ1v) is 10.5. The molecule has 0 saturated carbocycles. The summed E-state index contributed by atoms with van der Waals surface area (Å²) in [6, 6.07) is 19.3. The number of ether oxygens (including phenoxy) is 2. The Hall–Kier alpha value is -2.95. The van der Waals surface area contributed by atoms with Crippen LogP contribution in [0.3, 0.4) is 0 Å². The Kier molecular flexibility index (Phi) is 7.39. The summed E-state index contributed by atoms with van der Waals surface area (Å²) in [5, 5.41) is 0. The number of amides is 1. The van der Waals surface area contributed by atoms with Gasteiger partial charge in [-0.3, -0.25) is 4.55 Å². The molecule has 1 aromatic heterocycles. The van der Waals surface area contributed by atoms with Crippen molar-refractivity contribution in [3.8, 4) is 0 Å². The van der Waals surface area contributed by atoms with Gasteiger partial charge in [0, 0.05) is 6.20 Å². The lowest BCUT2D eigenvalue weighted by Crippen LogP contribution is -2.43. The molecule has 0 aliphatic heterocycles. The molecule has 10 heteroatoms. The smallest absolute Gasteiger partial charge is 0.444 e. The maximum atomic E-state index is 12.6. The van der Waals surface area contributed by atoms with Crippen molar-refractivity contribution in [3.05, 3.63) is 94.2 Å². The third kappa shape index (κ3) is 5.35. The summed E-state index contributed by atoms with van der Waals surface area (Å²) in [6.45, 7) is -0.110. The lowest BCUT2D eigenvalue weighted by Gasteiger charge is -2.20. The monoisotopic (exact) mass is 492 g/mol. The molecule has 1 N–H and O–H groups in total. The fraction of sp³-hybridized carbons (Fsp3) is 0.100. The third-order valence-electron chi connectivity index (χ3n) is 3.93. The number of rotatable bonds is 7. The molecule has 0 spiro atoms. The van der Waals surface area contributed by atoms with Crippen LogP contribution in [-0.4, -0.2) is 25.5 Å². The van der Waals surface area contributed by atoms with Crippen molar-refractivity contribution < 1.29 is 27.8 Å². The van der Waals surface area contributed by atoms with Crippen LogP contribution in [0.15, 0.2) is 77.4 Å². The molecule has 1 heterocycles. The minimum absolute atomic E-state index is 0.00202. The van der Waals surface area contributed by atoms with E-state index in [4.69, 9.17) is 9.47 Å². The van der Waals surface area contributed by atoms with Crippen LogP contribution in [0, 0.1) is 0 Å². The third-order valence-corrected chi connectivity index (χ3v) is 5.19. The van der Waals surface area contributed by atoms with E-state index in [2.05, 4.69) is 15.9 Å². The normalized spacial score (nSPS) is 11.5. The molecule has 0 radical (unpaired) electrons. The molecule has 2 aromatic carbocycles. The molecule has 1 amide bonds. The Morgan fingerprint density at radius 2 is 1.47 bits per heavy atom. The maximum Gasteiger partial charge on any atom is 0.444 e. The predicted octanol–water partition coefficient (Wildman–Crippen LogP) is 4.02. The quantitative estimate of drug-likeness (QED) is 0.395. The predicted molar refractivity (Wildman–Crippen MR) is 113 cm³/mol. The molecular formula is C20H17BrN2O6S. The van der Waals surface area contributed by atoms with Gasteiger partial charge in [-0.2, -0.15) is 0 Å². The van der Waals surface area contributed by atoms with Crippen molar-refractivity contribution in [2.24, 2.45) is 0 Å². The van der Waals surface area contributed by atoms with E-state index in [9.17, 15) is 18.4 Å². The average molecular weight is 493 g/mol. The van der Waals surface area contributed by atoms with E-state index in [0.717, 1.165) is 10.2 Å². The number of esters is 1. The molecule has 1 unspecified atom stereocenters. The van der Waals surface area contributed by atoms with Gasteiger partial charge < -0.3 is 9.47 Å². The first kappa shape index (κ1) is 21.8. The summed E-state index contributed by atoms with van der Waals surface area (Å²) in [6.07, 6.45) is 0.168. The minimum atomic E-state index is -2.80. The first-order valence-electron chi connectivity index (χ1n) is 8.67. The number of halogens is 1. The van der Waals surface area contributed by atoms with Crippen molar-refractivity contribution >= 4 is 39.3 Å². The highest BCUT2D eigenvalue weighted by Gasteiger charge is 2.29. The second kappa shape index (κ2) is 10.2. The molecule has 0 aliphatic carbocycles. The van der Waals surface area contributed by atoms with Gasteiger partial charge in [0.15, 0.2) is 5.69 Å². The van der Waals surface area contributed by atoms with Crippen LogP contribution < -0.4 is 4.41 Å². The van der Waals surface area contributed by atoms with Crippen molar-refractivity contribution in [2.45, 2.75) is 13.2 Å². The zero-order chi connectivity index (χ0) is 21.5. The highest BCUT2D eigenvalue weighted by atomic mass is 79.9. The van der Waals surface area contributed by atoms with Crippen molar-refractivity contribution in [1.82, 2.24) is 4.68 Å². The Balaban J connectivity index is 1.77. The maximum absolute atomic E-state index is 12.6. The molecule has 0 fully saturated rings. The van der Waals surface area contributed by atoms with Crippen LogP contribution in [0.1, 0.15) is 21.6 Å². The molecule has 0 saturated heterocycles. The van der Waals surface area contributed by atoms with Gasteiger partial charge >= 0.3 is 12.1 Å². The second-order valence-corrected chi connectivity index (χ2v) is 7.62. The largest absolute Gasteiger partial charge is 0.456 e. The molecule has 0 bridgehead atoms. The molecule has 3 aromatic rings. The zero-order valence-electron chi connectivity index (χ0n) is 15.5. The summed E-state index contributed by atoms with van der Waals surface area (Å²) in [4.78, 5) is 25.1. The van der Waals surface area contributed by atoms with Gasteiger partial charge in [0.05, 0.1) is 4.47 Å². The number of hydrogen-bond acceptors (Lipinski definition) is 5. The Labute approximate surface area is 183 Å². The van der Waals surface area contributed by atoms with Gasteiger partial charge in [0.1, 0.15) is 13.2 Å². The van der Waals surface area contributed by atoms with E-state index in [1.165, 1.54) is 12.3 Å². The summed E-state index contributed by atoms with van der Waals surface area (Å²) in [5.41, 5.74) is 1.33. The SMILES string of the molecule is O=C(OCc1ccccc1)c1c(Br)ccn1N(C(=O)OCc1ccccc1)S(=O)O. The van der Waals surface area contributed by atoms with Gasteiger partial charge in [0.2, 0.25) is 0 Å².